The zero-order valence-electron chi connectivity index (χ0n) is 10.4. The molecule has 1 aromatic rings. The minimum atomic E-state index is 0.106. The van der Waals surface area contributed by atoms with Crippen molar-refractivity contribution >= 4 is 15.9 Å². The quantitative estimate of drug-likeness (QED) is 0.905. The van der Waals surface area contributed by atoms with Gasteiger partial charge in [0.25, 0.3) is 5.56 Å². The SMILES string of the molecule is Cc1cc(Br)cn(CCNC(C)C2CC2)c1=O. The Balaban J connectivity index is 1.92. The largest absolute Gasteiger partial charge is 0.313 e. The van der Waals surface area contributed by atoms with Gasteiger partial charge in [0.1, 0.15) is 0 Å². The second-order valence-electron chi connectivity index (χ2n) is 4.92. The van der Waals surface area contributed by atoms with Crippen molar-refractivity contribution in [2.75, 3.05) is 6.54 Å². The van der Waals surface area contributed by atoms with Crippen LogP contribution < -0.4 is 10.9 Å². The summed E-state index contributed by atoms with van der Waals surface area (Å²) in [5.41, 5.74) is 0.892. The number of hydrogen-bond donors (Lipinski definition) is 1. The number of nitrogens with zero attached hydrogens (tertiary/aromatic N) is 1. The Morgan fingerprint density at radius 1 is 1.59 bits per heavy atom. The molecule has 1 aromatic heterocycles. The van der Waals surface area contributed by atoms with Crippen LogP contribution >= 0.6 is 15.9 Å². The summed E-state index contributed by atoms with van der Waals surface area (Å²) >= 11 is 3.42. The van der Waals surface area contributed by atoms with Gasteiger partial charge >= 0.3 is 0 Å². The van der Waals surface area contributed by atoms with Gasteiger partial charge in [0.05, 0.1) is 0 Å². The van der Waals surface area contributed by atoms with Crippen LogP contribution in [0, 0.1) is 12.8 Å². The fraction of sp³-hybridized carbons (Fsp3) is 0.615. The van der Waals surface area contributed by atoms with Crippen LogP contribution in [0.4, 0.5) is 0 Å². The van der Waals surface area contributed by atoms with Crippen LogP contribution in [0.1, 0.15) is 25.3 Å². The number of halogens is 1. The first-order valence-corrected chi connectivity index (χ1v) is 6.97. The second-order valence-corrected chi connectivity index (χ2v) is 5.84. The Labute approximate surface area is 110 Å². The number of aromatic nitrogens is 1. The topological polar surface area (TPSA) is 34.0 Å². The number of nitrogens with one attached hydrogen (secondary N) is 1. The summed E-state index contributed by atoms with van der Waals surface area (Å²) in [6, 6.07) is 2.44. The van der Waals surface area contributed by atoms with E-state index in [0.29, 0.717) is 6.04 Å². The van der Waals surface area contributed by atoms with E-state index >= 15 is 0 Å². The normalized spacial score (nSPS) is 17.1. The molecule has 1 heterocycles. The fourth-order valence-corrected chi connectivity index (χ4v) is 2.67. The predicted octanol–water partition coefficient (Wildman–Crippen LogP) is 2.31. The van der Waals surface area contributed by atoms with Gasteiger partial charge in [0.2, 0.25) is 0 Å². The molecule has 0 aliphatic heterocycles. The maximum absolute atomic E-state index is 11.9. The Hall–Kier alpha value is -0.610. The van der Waals surface area contributed by atoms with E-state index in [0.717, 1.165) is 29.0 Å². The highest BCUT2D eigenvalue weighted by molar-refractivity contribution is 9.10. The zero-order valence-corrected chi connectivity index (χ0v) is 12.0. The summed E-state index contributed by atoms with van der Waals surface area (Å²) in [6.07, 6.45) is 4.56. The molecule has 1 fully saturated rings. The average Bonchev–Trinajstić information content (AvgIpc) is 3.08. The summed E-state index contributed by atoms with van der Waals surface area (Å²) in [6.45, 7) is 5.67. The predicted molar refractivity (Wildman–Crippen MR) is 73.3 cm³/mol. The average molecular weight is 299 g/mol. The molecule has 4 heteroatoms. The van der Waals surface area contributed by atoms with Crippen LogP contribution in [0.25, 0.3) is 0 Å². The van der Waals surface area contributed by atoms with E-state index in [9.17, 15) is 4.79 Å². The first-order chi connectivity index (χ1) is 8.08. The highest BCUT2D eigenvalue weighted by atomic mass is 79.9. The Morgan fingerprint density at radius 3 is 2.94 bits per heavy atom. The summed E-state index contributed by atoms with van der Waals surface area (Å²) < 4.78 is 2.73. The van der Waals surface area contributed by atoms with Crippen molar-refractivity contribution in [2.45, 2.75) is 39.3 Å². The molecular weight excluding hydrogens is 280 g/mol. The molecule has 1 N–H and O–H groups in total. The van der Waals surface area contributed by atoms with Gasteiger partial charge in [0.15, 0.2) is 0 Å². The van der Waals surface area contributed by atoms with Crippen LogP contribution in [0.5, 0.6) is 0 Å². The van der Waals surface area contributed by atoms with Gasteiger partial charge in [-0.25, -0.2) is 0 Å². The van der Waals surface area contributed by atoms with Crippen LogP contribution in [0.3, 0.4) is 0 Å². The molecule has 3 nitrogen and oxygen atoms in total. The van der Waals surface area contributed by atoms with Crippen molar-refractivity contribution in [1.82, 2.24) is 9.88 Å². The molecule has 1 unspecified atom stereocenters. The summed E-state index contributed by atoms with van der Waals surface area (Å²) in [5.74, 6) is 0.857. The third-order valence-electron chi connectivity index (χ3n) is 3.38. The van der Waals surface area contributed by atoms with Crippen molar-refractivity contribution in [1.29, 1.82) is 0 Å². The van der Waals surface area contributed by atoms with E-state index in [1.807, 2.05) is 19.2 Å². The lowest BCUT2D eigenvalue weighted by Crippen LogP contribution is -2.33. The maximum atomic E-state index is 11.9. The molecule has 0 radical (unpaired) electrons. The number of hydrogen-bond acceptors (Lipinski definition) is 2. The summed E-state index contributed by atoms with van der Waals surface area (Å²) in [5, 5.41) is 3.48. The van der Waals surface area contributed by atoms with Gasteiger partial charge in [-0.2, -0.15) is 0 Å². The van der Waals surface area contributed by atoms with E-state index in [4.69, 9.17) is 0 Å². The standard InChI is InChI=1S/C13H19BrN2O/c1-9-7-12(14)8-16(13(9)17)6-5-15-10(2)11-3-4-11/h7-8,10-11,15H,3-6H2,1-2H3. The van der Waals surface area contributed by atoms with Gasteiger partial charge in [-0.1, -0.05) is 0 Å². The Bertz CT molecular complexity index is 451. The van der Waals surface area contributed by atoms with Crippen LogP contribution in [-0.4, -0.2) is 17.2 Å². The first kappa shape index (κ1) is 12.8. The third kappa shape index (κ3) is 3.42. The molecule has 0 bridgehead atoms. The van der Waals surface area contributed by atoms with E-state index in [2.05, 4.69) is 28.2 Å². The summed E-state index contributed by atoms with van der Waals surface area (Å²) in [7, 11) is 0. The lowest BCUT2D eigenvalue weighted by Gasteiger charge is -2.13. The monoisotopic (exact) mass is 298 g/mol. The Morgan fingerprint density at radius 2 is 2.29 bits per heavy atom. The minimum Gasteiger partial charge on any atom is -0.313 e. The molecule has 1 saturated carbocycles. The minimum absolute atomic E-state index is 0.106. The maximum Gasteiger partial charge on any atom is 0.253 e. The molecule has 17 heavy (non-hydrogen) atoms. The highest BCUT2D eigenvalue weighted by Gasteiger charge is 2.27. The number of aryl methyl sites for hydroxylation is 1. The highest BCUT2D eigenvalue weighted by Crippen LogP contribution is 2.32. The summed E-state index contributed by atoms with van der Waals surface area (Å²) in [4.78, 5) is 11.9. The molecule has 0 aromatic carbocycles. The molecule has 0 spiro atoms. The molecule has 0 saturated heterocycles. The van der Waals surface area contributed by atoms with E-state index < -0.39 is 0 Å². The molecule has 94 valence electrons. The number of rotatable bonds is 5. The first-order valence-electron chi connectivity index (χ1n) is 6.18. The van der Waals surface area contributed by atoms with Gasteiger partial charge in [-0.05, 0) is 54.6 Å². The zero-order chi connectivity index (χ0) is 12.4. The van der Waals surface area contributed by atoms with Gasteiger partial charge in [-0.15, -0.1) is 0 Å². The molecule has 1 atom stereocenters. The van der Waals surface area contributed by atoms with Gasteiger partial charge in [0, 0.05) is 35.4 Å². The van der Waals surface area contributed by atoms with Crippen molar-refractivity contribution in [2.24, 2.45) is 5.92 Å². The van der Waals surface area contributed by atoms with E-state index in [1.165, 1.54) is 12.8 Å². The van der Waals surface area contributed by atoms with Crippen LogP contribution in [-0.2, 0) is 6.54 Å². The van der Waals surface area contributed by atoms with Gasteiger partial charge in [-0.3, -0.25) is 4.79 Å². The van der Waals surface area contributed by atoms with Crippen molar-refractivity contribution in [3.05, 3.63) is 32.7 Å². The van der Waals surface area contributed by atoms with Crippen molar-refractivity contribution < 1.29 is 0 Å². The van der Waals surface area contributed by atoms with Crippen molar-refractivity contribution in [3.63, 3.8) is 0 Å². The van der Waals surface area contributed by atoms with Crippen LogP contribution in [0.2, 0.25) is 0 Å². The van der Waals surface area contributed by atoms with E-state index in [1.54, 1.807) is 4.57 Å². The van der Waals surface area contributed by atoms with Crippen LogP contribution in [0.15, 0.2) is 21.5 Å². The molecule has 2 rings (SSSR count). The molecule has 1 aliphatic carbocycles. The fourth-order valence-electron chi connectivity index (χ4n) is 2.08. The molecule has 0 amide bonds. The lowest BCUT2D eigenvalue weighted by molar-refractivity contribution is 0.471. The second kappa shape index (κ2) is 5.36. The Kier molecular flexibility index (Phi) is 4.05. The smallest absolute Gasteiger partial charge is 0.253 e. The lowest BCUT2D eigenvalue weighted by atomic mass is 10.2. The number of pyridine rings is 1. The third-order valence-corrected chi connectivity index (χ3v) is 3.81. The molecular formula is C13H19BrN2O. The van der Waals surface area contributed by atoms with Crippen molar-refractivity contribution in [3.8, 4) is 0 Å². The van der Waals surface area contributed by atoms with E-state index in [-0.39, 0.29) is 5.56 Å². The van der Waals surface area contributed by atoms with Gasteiger partial charge < -0.3 is 9.88 Å². The molecule has 1 aliphatic rings.